The number of benzene rings is 1. The lowest BCUT2D eigenvalue weighted by molar-refractivity contribution is -0.137. The average Bonchev–Trinajstić information content (AvgIpc) is 2.41. The van der Waals surface area contributed by atoms with E-state index in [0.29, 0.717) is 6.61 Å². The van der Waals surface area contributed by atoms with Gasteiger partial charge in [0, 0.05) is 0 Å². The Labute approximate surface area is 116 Å². The van der Waals surface area contributed by atoms with Crippen molar-refractivity contribution in [2.24, 2.45) is 0 Å². The Kier molecular flexibility index (Phi) is 4.78. The van der Waals surface area contributed by atoms with Crippen LogP contribution in [0.4, 0.5) is 0 Å². The number of carbonyl (C=O) groups excluding carboxylic acids is 1. The molecule has 1 aromatic rings. The molecule has 0 aromatic heterocycles. The lowest BCUT2D eigenvalue weighted by atomic mass is 9.88. The van der Waals surface area contributed by atoms with Gasteiger partial charge >= 0.3 is 0 Å². The Balaban J connectivity index is 1.78. The highest BCUT2D eigenvalue weighted by Crippen LogP contribution is 2.35. The second kappa shape index (κ2) is 6.34. The smallest absolute Gasteiger partial charge is 0.260 e. The summed E-state index contributed by atoms with van der Waals surface area (Å²) in [4.78, 5) is 17.3. The summed E-state index contributed by atoms with van der Waals surface area (Å²) < 4.78 is -0.429. The zero-order valence-corrected chi connectivity index (χ0v) is 11.9. The number of halogens is 1. The van der Waals surface area contributed by atoms with Crippen LogP contribution in [0.2, 0.25) is 0 Å². The van der Waals surface area contributed by atoms with Crippen molar-refractivity contribution in [3.63, 3.8) is 0 Å². The molecule has 18 heavy (non-hydrogen) atoms. The summed E-state index contributed by atoms with van der Waals surface area (Å²) in [6, 6.07) is 9.80. The molecular formula is C14H18BrNO2. The van der Waals surface area contributed by atoms with Crippen LogP contribution in [0.3, 0.4) is 0 Å². The van der Waals surface area contributed by atoms with Gasteiger partial charge in [0.25, 0.3) is 5.91 Å². The number of rotatable bonds is 4. The standard InChI is InChI=1S/C14H18BrNO2/c15-14(9-5-2-6-10-14)13(17)16-18-11-12-7-3-1-4-8-12/h1,3-4,7-8H,2,5-6,9-11H2,(H,16,17). The Bertz CT molecular complexity index is 388. The van der Waals surface area contributed by atoms with Crippen molar-refractivity contribution in [1.29, 1.82) is 0 Å². The first-order chi connectivity index (χ1) is 8.71. The fourth-order valence-corrected chi connectivity index (χ4v) is 2.83. The first-order valence-corrected chi connectivity index (χ1v) is 7.15. The van der Waals surface area contributed by atoms with Crippen LogP contribution in [-0.4, -0.2) is 10.2 Å². The van der Waals surface area contributed by atoms with Crippen LogP contribution in [0.1, 0.15) is 37.7 Å². The van der Waals surface area contributed by atoms with Crippen LogP contribution in [0.5, 0.6) is 0 Å². The van der Waals surface area contributed by atoms with Crippen molar-refractivity contribution in [3.05, 3.63) is 35.9 Å². The minimum atomic E-state index is -0.429. The topological polar surface area (TPSA) is 38.3 Å². The molecule has 0 radical (unpaired) electrons. The monoisotopic (exact) mass is 311 g/mol. The number of hydrogen-bond acceptors (Lipinski definition) is 2. The number of hydroxylamine groups is 1. The third-order valence-electron chi connectivity index (χ3n) is 3.30. The van der Waals surface area contributed by atoms with E-state index in [1.807, 2.05) is 30.3 Å². The van der Waals surface area contributed by atoms with Crippen LogP contribution in [0.25, 0.3) is 0 Å². The van der Waals surface area contributed by atoms with Gasteiger partial charge in [-0.05, 0) is 18.4 Å². The van der Waals surface area contributed by atoms with Gasteiger partial charge in [-0.2, -0.15) is 0 Å². The molecule has 1 saturated carbocycles. The number of alkyl halides is 1. The van der Waals surface area contributed by atoms with E-state index in [1.54, 1.807) is 0 Å². The molecule has 0 aliphatic heterocycles. The Morgan fingerprint density at radius 1 is 1.22 bits per heavy atom. The van der Waals surface area contributed by atoms with Crippen LogP contribution < -0.4 is 5.48 Å². The second-order valence-electron chi connectivity index (χ2n) is 4.73. The van der Waals surface area contributed by atoms with Gasteiger partial charge in [-0.1, -0.05) is 65.5 Å². The van der Waals surface area contributed by atoms with Crippen molar-refractivity contribution in [2.45, 2.75) is 43.0 Å². The molecule has 98 valence electrons. The van der Waals surface area contributed by atoms with E-state index in [-0.39, 0.29) is 5.91 Å². The van der Waals surface area contributed by atoms with E-state index in [1.165, 1.54) is 6.42 Å². The number of amides is 1. The van der Waals surface area contributed by atoms with Crippen LogP contribution in [-0.2, 0) is 16.2 Å². The van der Waals surface area contributed by atoms with E-state index >= 15 is 0 Å². The Morgan fingerprint density at radius 2 is 1.89 bits per heavy atom. The predicted octanol–water partition coefficient (Wildman–Crippen LogP) is 3.33. The zero-order valence-electron chi connectivity index (χ0n) is 10.3. The van der Waals surface area contributed by atoms with Crippen molar-refractivity contribution < 1.29 is 9.63 Å². The third-order valence-corrected chi connectivity index (χ3v) is 4.45. The van der Waals surface area contributed by atoms with Gasteiger partial charge < -0.3 is 0 Å². The molecule has 2 rings (SSSR count). The summed E-state index contributed by atoms with van der Waals surface area (Å²) in [7, 11) is 0. The molecule has 1 aliphatic carbocycles. The number of carbonyl (C=O) groups is 1. The van der Waals surface area contributed by atoms with Crippen molar-refractivity contribution in [3.8, 4) is 0 Å². The fourth-order valence-electron chi connectivity index (χ4n) is 2.19. The van der Waals surface area contributed by atoms with Gasteiger partial charge in [0.1, 0.15) is 4.32 Å². The molecule has 0 spiro atoms. The number of hydrogen-bond donors (Lipinski definition) is 1. The van der Waals surface area contributed by atoms with Crippen LogP contribution >= 0.6 is 15.9 Å². The molecule has 0 bridgehead atoms. The van der Waals surface area contributed by atoms with Gasteiger partial charge in [0.2, 0.25) is 0 Å². The Hall–Kier alpha value is -0.870. The highest BCUT2D eigenvalue weighted by Gasteiger charge is 2.36. The molecule has 1 fully saturated rings. The highest BCUT2D eigenvalue weighted by atomic mass is 79.9. The van der Waals surface area contributed by atoms with Gasteiger partial charge in [-0.15, -0.1) is 0 Å². The fraction of sp³-hybridized carbons (Fsp3) is 0.500. The molecule has 1 amide bonds. The van der Waals surface area contributed by atoms with Gasteiger partial charge in [-0.25, -0.2) is 5.48 Å². The van der Waals surface area contributed by atoms with Gasteiger partial charge in [0.15, 0.2) is 0 Å². The molecule has 0 heterocycles. The van der Waals surface area contributed by atoms with E-state index in [0.717, 1.165) is 31.2 Å². The van der Waals surface area contributed by atoms with E-state index in [2.05, 4.69) is 21.4 Å². The lowest BCUT2D eigenvalue weighted by Crippen LogP contribution is -2.43. The molecule has 0 saturated heterocycles. The first-order valence-electron chi connectivity index (χ1n) is 6.36. The SMILES string of the molecule is O=C(NOCc1ccccc1)C1(Br)CCCCC1. The van der Waals surface area contributed by atoms with E-state index in [9.17, 15) is 4.79 Å². The van der Waals surface area contributed by atoms with Gasteiger partial charge in [-0.3, -0.25) is 9.63 Å². The summed E-state index contributed by atoms with van der Waals surface area (Å²) in [6.07, 6.45) is 5.17. The summed E-state index contributed by atoms with van der Waals surface area (Å²) >= 11 is 3.56. The Morgan fingerprint density at radius 3 is 2.56 bits per heavy atom. The van der Waals surface area contributed by atoms with Crippen molar-refractivity contribution in [1.82, 2.24) is 5.48 Å². The quantitative estimate of drug-likeness (QED) is 0.684. The molecule has 1 aliphatic rings. The van der Waals surface area contributed by atoms with E-state index in [4.69, 9.17) is 4.84 Å². The molecular weight excluding hydrogens is 294 g/mol. The summed E-state index contributed by atoms with van der Waals surface area (Å²) in [6.45, 7) is 0.398. The van der Waals surface area contributed by atoms with E-state index < -0.39 is 4.32 Å². The predicted molar refractivity (Wildman–Crippen MR) is 74.1 cm³/mol. The minimum Gasteiger partial charge on any atom is -0.271 e. The summed E-state index contributed by atoms with van der Waals surface area (Å²) in [5.41, 5.74) is 3.60. The van der Waals surface area contributed by atoms with Gasteiger partial charge in [0.05, 0.1) is 6.61 Å². The van der Waals surface area contributed by atoms with Crippen molar-refractivity contribution in [2.75, 3.05) is 0 Å². The van der Waals surface area contributed by atoms with Crippen LogP contribution in [0.15, 0.2) is 30.3 Å². The average molecular weight is 312 g/mol. The maximum Gasteiger partial charge on any atom is 0.260 e. The molecule has 0 unspecified atom stereocenters. The molecule has 0 atom stereocenters. The molecule has 1 N–H and O–H groups in total. The summed E-state index contributed by atoms with van der Waals surface area (Å²) in [5, 5.41) is 0. The third kappa shape index (κ3) is 3.56. The van der Waals surface area contributed by atoms with Crippen molar-refractivity contribution >= 4 is 21.8 Å². The normalized spacial score (nSPS) is 18.3. The maximum atomic E-state index is 12.0. The lowest BCUT2D eigenvalue weighted by Gasteiger charge is -2.29. The largest absolute Gasteiger partial charge is 0.271 e. The maximum absolute atomic E-state index is 12.0. The zero-order chi connectivity index (χ0) is 12.8. The highest BCUT2D eigenvalue weighted by molar-refractivity contribution is 9.10. The molecule has 4 heteroatoms. The summed E-state index contributed by atoms with van der Waals surface area (Å²) in [5.74, 6) is -0.0573. The molecule has 3 nitrogen and oxygen atoms in total. The minimum absolute atomic E-state index is 0.0573. The molecule has 1 aromatic carbocycles. The second-order valence-corrected chi connectivity index (χ2v) is 6.25. The van der Waals surface area contributed by atoms with Crippen LogP contribution in [0, 0.1) is 0 Å². The number of nitrogens with one attached hydrogen (secondary N) is 1. The first kappa shape index (κ1) is 13.6.